The minimum absolute atomic E-state index is 0.226. The average molecular weight is 271 g/mol. The van der Waals surface area contributed by atoms with E-state index in [1.54, 1.807) is 0 Å². The van der Waals surface area contributed by atoms with Crippen LogP contribution >= 0.6 is 0 Å². The Morgan fingerprint density at radius 1 is 1.22 bits per heavy atom. The van der Waals surface area contributed by atoms with Crippen molar-refractivity contribution in [2.45, 2.75) is 50.0 Å². The zero-order valence-corrected chi connectivity index (χ0v) is 10.9. The Morgan fingerprint density at radius 2 is 2.06 bits per heavy atom. The molecule has 0 aliphatic carbocycles. The molecule has 1 saturated heterocycles. The highest BCUT2D eigenvalue weighted by Crippen LogP contribution is 2.33. The maximum atomic E-state index is 12.0. The molecule has 6 nitrogen and oxygen atoms in total. The second-order valence-corrected chi connectivity index (χ2v) is 7.36. The Labute approximate surface area is 106 Å². The maximum absolute atomic E-state index is 12.0. The van der Waals surface area contributed by atoms with E-state index >= 15 is 0 Å². The zero-order chi connectivity index (χ0) is 12.8. The highest BCUT2D eigenvalue weighted by molar-refractivity contribution is 7.91. The third kappa shape index (κ3) is 1.95. The van der Waals surface area contributed by atoms with Gasteiger partial charge in [-0.25, -0.2) is 18.1 Å². The molecule has 1 N–H and O–H groups in total. The van der Waals surface area contributed by atoms with Gasteiger partial charge in [-0.15, -0.1) is 0 Å². The monoisotopic (exact) mass is 271 g/mol. The molecule has 2 atom stereocenters. The van der Waals surface area contributed by atoms with Crippen molar-refractivity contribution < 1.29 is 13.5 Å². The lowest BCUT2D eigenvalue weighted by atomic mass is 10.1. The minimum Gasteiger partial charge on any atom is -0.372 e. The van der Waals surface area contributed by atoms with Crippen molar-refractivity contribution in [3.8, 4) is 0 Å². The second kappa shape index (κ2) is 4.31. The molecular formula is C11H17N3O3S. The molecule has 18 heavy (non-hydrogen) atoms. The van der Waals surface area contributed by atoms with Crippen LogP contribution in [0.3, 0.4) is 0 Å². The molecule has 3 heterocycles. The molecule has 1 aromatic rings. The third-order valence-corrected chi connectivity index (χ3v) is 5.90. The Kier molecular flexibility index (Phi) is 2.90. The predicted octanol–water partition coefficient (Wildman–Crippen LogP) is 0.745. The standard InChI is InChI=1S/C11H17N3O3S/c15-10-6-3-5-9-12-11(13-14(9)10)8-4-1-2-7-18(8,16)17/h8,10,15H,1-7H2. The molecule has 2 aliphatic rings. The number of fused-ring (bicyclic) bond motifs is 1. The maximum Gasteiger partial charge on any atom is 0.169 e. The topological polar surface area (TPSA) is 85.1 Å². The smallest absolute Gasteiger partial charge is 0.169 e. The van der Waals surface area contributed by atoms with Crippen LogP contribution < -0.4 is 0 Å². The number of nitrogens with zero attached hydrogens (tertiary/aromatic N) is 3. The van der Waals surface area contributed by atoms with Gasteiger partial charge in [-0.05, 0) is 25.7 Å². The first-order valence-corrected chi connectivity index (χ1v) is 8.14. The number of hydrogen-bond acceptors (Lipinski definition) is 5. The van der Waals surface area contributed by atoms with Gasteiger partial charge in [0.1, 0.15) is 17.3 Å². The van der Waals surface area contributed by atoms with Crippen molar-refractivity contribution in [2.75, 3.05) is 5.75 Å². The molecule has 2 aliphatic heterocycles. The van der Waals surface area contributed by atoms with Gasteiger partial charge in [0, 0.05) is 6.42 Å². The molecule has 1 aromatic heterocycles. The number of sulfone groups is 1. The van der Waals surface area contributed by atoms with Crippen molar-refractivity contribution in [3.63, 3.8) is 0 Å². The molecule has 3 rings (SSSR count). The van der Waals surface area contributed by atoms with E-state index < -0.39 is 21.3 Å². The molecule has 0 saturated carbocycles. The summed E-state index contributed by atoms with van der Waals surface area (Å²) in [4.78, 5) is 4.33. The number of aryl methyl sites for hydroxylation is 1. The highest BCUT2D eigenvalue weighted by Gasteiger charge is 2.35. The molecule has 2 unspecified atom stereocenters. The quantitative estimate of drug-likeness (QED) is 0.814. The number of aromatic nitrogens is 3. The van der Waals surface area contributed by atoms with Crippen LogP contribution in [-0.4, -0.2) is 34.0 Å². The second-order valence-electron chi connectivity index (χ2n) is 5.06. The van der Waals surface area contributed by atoms with Crippen molar-refractivity contribution in [3.05, 3.63) is 11.6 Å². The Hall–Kier alpha value is -0.950. The molecule has 0 radical (unpaired) electrons. The van der Waals surface area contributed by atoms with E-state index in [0.717, 1.165) is 25.7 Å². The fourth-order valence-electron chi connectivity index (χ4n) is 2.73. The van der Waals surface area contributed by atoms with E-state index in [0.29, 0.717) is 24.5 Å². The number of aliphatic hydroxyl groups is 1. The molecular weight excluding hydrogens is 254 g/mol. The van der Waals surface area contributed by atoms with Gasteiger partial charge >= 0.3 is 0 Å². The summed E-state index contributed by atoms with van der Waals surface area (Å²) >= 11 is 0. The number of hydrogen-bond donors (Lipinski definition) is 1. The van der Waals surface area contributed by atoms with Crippen molar-refractivity contribution in [1.82, 2.24) is 14.8 Å². The van der Waals surface area contributed by atoms with Gasteiger partial charge in [0.15, 0.2) is 15.7 Å². The van der Waals surface area contributed by atoms with Gasteiger partial charge in [-0.3, -0.25) is 0 Å². The molecule has 100 valence electrons. The Morgan fingerprint density at radius 3 is 2.78 bits per heavy atom. The van der Waals surface area contributed by atoms with Crippen LogP contribution in [0, 0.1) is 0 Å². The van der Waals surface area contributed by atoms with Crippen molar-refractivity contribution in [1.29, 1.82) is 0 Å². The third-order valence-electron chi connectivity index (χ3n) is 3.73. The number of rotatable bonds is 1. The van der Waals surface area contributed by atoms with Crippen molar-refractivity contribution in [2.24, 2.45) is 0 Å². The predicted molar refractivity (Wildman–Crippen MR) is 64.6 cm³/mol. The van der Waals surface area contributed by atoms with Gasteiger partial charge in [0.2, 0.25) is 0 Å². The van der Waals surface area contributed by atoms with Crippen LogP contribution in [0.25, 0.3) is 0 Å². The first-order chi connectivity index (χ1) is 8.58. The van der Waals surface area contributed by atoms with E-state index in [-0.39, 0.29) is 5.75 Å². The van der Waals surface area contributed by atoms with E-state index in [2.05, 4.69) is 10.1 Å². The first kappa shape index (κ1) is 12.1. The molecule has 0 bridgehead atoms. The van der Waals surface area contributed by atoms with Crippen LogP contribution in [0.5, 0.6) is 0 Å². The van der Waals surface area contributed by atoms with Crippen molar-refractivity contribution >= 4 is 9.84 Å². The fraction of sp³-hybridized carbons (Fsp3) is 0.818. The van der Waals surface area contributed by atoms with E-state index in [9.17, 15) is 13.5 Å². The van der Waals surface area contributed by atoms with Gasteiger partial charge in [-0.2, -0.15) is 5.10 Å². The fourth-order valence-corrected chi connectivity index (χ4v) is 4.57. The summed E-state index contributed by atoms with van der Waals surface area (Å²) in [6.45, 7) is 0. The minimum atomic E-state index is -3.11. The average Bonchev–Trinajstić information content (AvgIpc) is 2.73. The van der Waals surface area contributed by atoms with Gasteiger partial charge in [-0.1, -0.05) is 6.42 Å². The Bertz CT molecular complexity index is 552. The molecule has 0 aromatic carbocycles. The van der Waals surface area contributed by atoms with Gasteiger partial charge in [0.25, 0.3) is 0 Å². The first-order valence-electron chi connectivity index (χ1n) is 6.43. The van der Waals surface area contributed by atoms with Gasteiger partial charge in [0.05, 0.1) is 5.75 Å². The summed E-state index contributed by atoms with van der Waals surface area (Å²) in [5.41, 5.74) is 0. The lowest BCUT2D eigenvalue weighted by Gasteiger charge is -2.19. The summed E-state index contributed by atoms with van der Waals surface area (Å²) in [7, 11) is -3.11. The summed E-state index contributed by atoms with van der Waals surface area (Å²) in [5.74, 6) is 1.32. The summed E-state index contributed by atoms with van der Waals surface area (Å²) in [6.07, 6.45) is 3.87. The number of aliphatic hydroxyl groups excluding tert-OH is 1. The summed E-state index contributed by atoms with van der Waals surface area (Å²) < 4.78 is 25.5. The highest BCUT2D eigenvalue weighted by atomic mass is 32.2. The van der Waals surface area contributed by atoms with E-state index in [4.69, 9.17) is 0 Å². The summed E-state index contributed by atoms with van der Waals surface area (Å²) in [6, 6.07) is 0. The Balaban J connectivity index is 1.97. The zero-order valence-electron chi connectivity index (χ0n) is 10.1. The van der Waals surface area contributed by atoms with Crippen LogP contribution in [-0.2, 0) is 16.3 Å². The van der Waals surface area contributed by atoms with E-state index in [1.165, 1.54) is 4.68 Å². The van der Waals surface area contributed by atoms with Crippen LogP contribution in [0.15, 0.2) is 0 Å². The SMILES string of the molecule is O=S1(=O)CCCCC1c1nc2n(n1)C(O)CCC2. The summed E-state index contributed by atoms with van der Waals surface area (Å²) in [5, 5.41) is 13.5. The lowest BCUT2D eigenvalue weighted by Crippen LogP contribution is -2.23. The largest absolute Gasteiger partial charge is 0.372 e. The molecule has 0 amide bonds. The van der Waals surface area contributed by atoms with Crippen LogP contribution in [0.1, 0.15) is 55.2 Å². The van der Waals surface area contributed by atoms with Crippen LogP contribution in [0.4, 0.5) is 0 Å². The molecule has 0 spiro atoms. The molecule has 1 fully saturated rings. The van der Waals surface area contributed by atoms with E-state index in [1.807, 2.05) is 0 Å². The lowest BCUT2D eigenvalue weighted by molar-refractivity contribution is 0.0643. The van der Waals surface area contributed by atoms with Crippen LogP contribution in [0.2, 0.25) is 0 Å². The molecule has 7 heteroatoms. The van der Waals surface area contributed by atoms with Gasteiger partial charge < -0.3 is 5.11 Å². The normalized spacial score (nSPS) is 30.9.